The summed E-state index contributed by atoms with van der Waals surface area (Å²) in [5.41, 5.74) is 0.773. The van der Waals surface area contributed by atoms with Crippen LogP contribution in [0.25, 0.3) is 0 Å². The van der Waals surface area contributed by atoms with Crippen molar-refractivity contribution >= 4 is 0 Å². The Morgan fingerprint density at radius 3 is 2.64 bits per heavy atom. The fourth-order valence-electron chi connectivity index (χ4n) is 3.81. The minimum atomic E-state index is -0.156. The molecule has 1 saturated carbocycles. The van der Waals surface area contributed by atoms with Gasteiger partial charge < -0.3 is 4.74 Å². The molecular formula is C18H27FN2O. The van der Waals surface area contributed by atoms with Crippen molar-refractivity contribution in [1.29, 1.82) is 0 Å². The molecule has 2 aliphatic rings. The van der Waals surface area contributed by atoms with E-state index in [4.69, 9.17) is 4.74 Å². The lowest BCUT2D eigenvalue weighted by Crippen LogP contribution is -2.36. The molecule has 0 radical (unpaired) electrons. The molecule has 3 rings (SSSR count). The second kappa shape index (κ2) is 7.42. The first-order chi connectivity index (χ1) is 10.8. The number of rotatable bonds is 4. The Kier molecular flexibility index (Phi) is 5.32. The molecule has 1 aliphatic heterocycles. The van der Waals surface area contributed by atoms with Crippen molar-refractivity contribution < 1.29 is 9.13 Å². The van der Waals surface area contributed by atoms with Crippen molar-refractivity contribution in [3.63, 3.8) is 0 Å². The summed E-state index contributed by atoms with van der Waals surface area (Å²) in [5.74, 6) is 0.431. The Labute approximate surface area is 133 Å². The fraction of sp³-hybridized carbons (Fsp3) is 0.667. The Hall–Kier alpha value is -1.13. The smallest absolute Gasteiger partial charge is 0.131 e. The van der Waals surface area contributed by atoms with E-state index in [1.54, 1.807) is 7.11 Å². The van der Waals surface area contributed by atoms with Gasteiger partial charge in [-0.3, -0.25) is 9.80 Å². The van der Waals surface area contributed by atoms with Crippen LogP contribution in [0.5, 0.6) is 5.75 Å². The standard InChI is InChI=1S/C18H27FN2O/c1-22-17-8-7-15(18(19)13-17)14-20-9-4-10-21(12-11-20)16-5-2-3-6-16/h7-8,13,16H,2-6,9-12,14H2,1H3. The van der Waals surface area contributed by atoms with Gasteiger partial charge in [0.25, 0.3) is 0 Å². The molecule has 0 amide bonds. The fourth-order valence-corrected chi connectivity index (χ4v) is 3.81. The molecule has 1 aromatic carbocycles. The van der Waals surface area contributed by atoms with Crippen molar-refractivity contribution in [1.82, 2.24) is 9.80 Å². The van der Waals surface area contributed by atoms with E-state index >= 15 is 0 Å². The number of hydrogen-bond acceptors (Lipinski definition) is 3. The highest BCUT2D eigenvalue weighted by molar-refractivity contribution is 5.28. The van der Waals surface area contributed by atoms with E-state index in [1.807, 2.05) is 12.1 Å². The predicted molar refractivity (Wildman–Crippen MR) is 86.7 cm³/mol. The quantitative estimate of drug-likeness (QED) is 0.849. The zero-order valence-corrected chi connectivity index (χ0v) is 13.6. The molecule has 1 saturated heterocycles. The van der Waals surface area contributed by atoms with Gasteiger partial charge in [0.2, 0.25) is 0 Å². The van der Waals surface area contributed by atoms with Gasteiger partial charge in [-0.2, -0.15) is 0 Å². The molecule has 4 heteroatoms. The van der Waals surface area contributed by atoms with Crippen LogP contribution in [0.4, 0.5) is 4.39 Å². The third kappa shape index (κ3) is 3.79. The molecular weight excluding hydrogens is 279 g/mol. The van der Waals surface area contributed by atoms with E-state index in [0.717, 1.165) is 31.2 Å². The van der Waals surface area contributed by atoms with Crippen LogP contribution in [0.2, 0.25) is 0 Å². The molecule has 0 unspecified atom stereocenters. The predicted octanol–water partition coefficient (Wildman–Crippen LogP) is 3.28. The Morgan fingerprint density at radius 1 is 1.09 bits per heavy atom. The van der Waals surface area contributed by atoms with Gasteiger partial charge in [0, 0.05) is 37.3 Å². The van der Waals surface area contributed by atoms with E-state index < -0.39 is 0 Å². The van der Waals surface area contributed by atoms with Crippen LogP contribution in [0.15, 0.2) is 18.2 Å². The third-order valence-corrected chi connectivity index (χ3v) is 5.12. The van der Waals surface area contributed by atoms with Gasteiger partial charge in [0.15, 0.2) is 0 Å². The number of hydrogen-bond donors (Lipinski definition) is 0. The second-order valence-corrected chi connectivity index (χ2v) is 6.56. The van der Waals surface area contributed by atoms with Crippen LogP contribution in [0, 0.1) is 5.82 Å². The lowest BCUT2D eigenvalue weighted by Gasteiger charge is -2.27. The Morgan fingerprint density at radius 2 is 1.91 bits per heavy atom. The van der Waals surface area contributed by atoms with E-state index in [1.165, 1.54) is 44.7 Å². The summed E-state index contributed by atoms with van der Waals surface area (Å²) in [5, 5.41) is 0. The van der Waals surface area contributed by atoms with Crippen LogP contribution in [-0.4, -0.2) is 49.1 Å². The molecule has 22 heavy (non-hydrogen) atoms. The Bertz CT molecular complexity index is 488. The first-order valence-electron chi connectivity index (χ1n) is 8.55. The lowest BCUT2D eigenvalue weighted by molar-refractivity contribution is 0.198. The highest BCUT2D eigenvalue weighted by atomic mass is 19.1. The molecule has 0 bridgehead atoms. The molecule has 2 fully saturated rings. The molecule has 1 heterocycles. The number of halogens is 1. The summed E-state index contributed by atoms with van der Waals surface area (Å²) in [6, 6.07) is 5.99. The van der Waals surface area contributed by atoms with Crippen molar-refractivity contribution in [3.05, 3.63) is 29.6 Å². The van der Waals surface area contributed by atoms with Crippen molar-refractivity contribution in [2.75, 3.05) is 33.3 Å². The van der Waals surface area contributed by atoms with Crippen molar-refractivity contribution in [3.8, 4) is 5.75 Å². The molecule has 1 aliphatic carbocycles. The van der Waals surface area contributed by atoms with E-state index in [-0.39, 0.29) is 5.82 Å². The number of nitrogens with zero attached hydrogens (tertiary/aromatic N) is 2. The highest BCUT2D eigenvalue weighted by Gasteiger charge is 2.24. The van der Waals surface area contributed by atoms with E-state index in [0.29, 0.717) is 12.3 Å². The van der Waals surface area contributed by atoms with E-state index in [2.05, 4.69) is 9.80 Å². The van der Waals surface area contributed by atoms with Crippen LogP contribution in [0.3, 0.4) is 0 Å². The molecule has 3 nitrogen and oxygen atoms in total. The number of ether oxygens (including phenoxy) is 1. The zero-order valence-electron chi connectivity index (χ0n) is 13.6. The van der Waals surface area contributed by atoms with Gasteiger partial charge in [-0.05, 0) is 38.4 Å². The van der Waals surface area contributed by atoms with Crippen LogP contribution in [0.1, 0.15) is 37.7 Å². The van der Waals surface area contributed by atoms with Gasteiger partial charge >= 0.3 is 0 Å². The second-order valence-electron chi connectivity index (χ2n) is 6.56. The summed E-state index contributed by atoms with van der Waals surface area (Å²) in [7, 11) is 1.57. The van der Waals surface area contributed by atoms with Crippen molar-refractivity contribution in [2.45, 2.75) is 44.7 Å². The molecule has 0 spiro atoms. The minimum Gasteiger partial charge on any atom is -0.497 e. The number of methoxy groups -OCH3 is 1. The summed E-state index contributed by atoms with van der Waals surface area (Å²) in [6.45, 7) is 5.14. The lowest BCUT2D eigenvalue weighted by atomic mass is 10.2. The maximum Gasteiger partial charge on any atom is 0.131 e. The zero-order chi connectivity index (χ0) is 15.4. The summed E-state index contributed by atoms with van der Waals surface area (Å²) >= 11 is 0. The van der Waals surface area contributed by atoms with Crippen LogP contribution in [-0.2, 0) is 6.54 Å². The first kappa shape index (κ1) is 15.8. The van der Waals surface area contributed by atoms with E-state index in [9.17, 15) is 4.39 Å². The highest BCUT2D eigenvalue weighted by Crippen LogP contribution is 2.25. The summed E-state index contributed by atoms with van der Waals surface area (Å²) in [4.78, 5) is 5.05. The largest absolute Gasteiger partial charge is 0.497 e. The molecule has 0 N–H and O–H groups in total. The first-order valence-corrected chi connectivity index (χ1v) is 8.55. The monoisotopic (exact) mass is 306 g/mol. The topological polar surface area (TPSA) is 15.7 Å². The minimum absolute atomic E-state index is 0.156. The molecule has 0 aromatic heterocycles. The maximum absolute atomic E-state index is 14.1. The third-order valence-electron chi connectivity index (χ3n) is 5.12. The van der Waals surface area contributed by atoms with Gasteiger partial charge in [-0.1, -0.05) is 18.9 Å². The molecule has 0 atom stereocenters. The van der Waals surface area contributed by atoms with Crippen LogP contribution < -0.4 is 4.74 Å². The van der Waals surface area contributed by atoms with Gasteiger partial charge in [0.05, 0.1) is 7.11 Å². The SMILES string of the molecule is COc1ccc(CN2CCCN(C3CCCC3)CC2)c(F)c1. The summed E-state index contributed by atoms with van der Waals surface area (Å²) < 4.78 is 19.2. The number of benzene rings is 1. The normalized spacial score (nSPS) is 21.9. The van der Waals surface area contributed by atoms with Crippen molar-refractivity contribution in [2.24, 2.45) is 0 Å². The Balaban J connectivity index is 1.57. The van der Waals surface area contributed by atoms with Crippen LogP contribution >= 0.6 is 0 Å². The summed E-state index contributed by atoms with van der Waals surface area (Å²) in [6.07, 6.45) is 6.71. The van der Waals surface area contributed by atoms with Gasteiger partial charge in [-0.25, -0.2) is 4.39 Å². The molecule has 122 valence electrons. The average molecular weight is 306 g/mol. The molecule has 1 aromatic rings. The van der Waals surface area contributed by atoms with Gasteiger partial charge in [0.1, 0.15) is 11.6 Å². The average Bonchev–Trinajstić information content (AvgIpc) is 2.96. The van der Waals surface area contributed by atoms with Gasteiger partial charge in [-0.15, -0.1) is 0 Å². The maximum atomic E-state index is 14.1.